The summed E-state index contributed by atoms with van der Waals surface area (Å²) in [5.74, 6) is 1.22. The average Bonchev–Trinajstić information content (AvgIpc) is 2.74. The van der Waals surface area contributed by atoms with Crippen LogP contribution in [-0.4, -0.2) is 16.7 Å². The van der Waals surface area contributed by atoms with Crippen molar-refractivity contribution in [2.45, 2.75) is 18.3 Å². The van der Waals surface area contributed by atoms with Gasteiger partial charge in [0.05, 0.1) is 17.2 Å². The van der Waals surface area contributed by atoms with Crippen LogP contribution in [0.3, 0.4) is 0 Å². The molecule has 1 aliphatic rings. The molecule has 0 aliphatic heterocycles. The van der Waals surface area contributed by atoms with Gasteiger partial charge in [0.1, 0.15) is 6.26 Å². The molecule has 2 heterocycles. The normalized spacial score (nSPS) is 17.9. The second-order valence-electron chi connectivity index (χ2n) is 3.92. The monoisotopic (exact) mass is 205 g/mol. The summed E-state index contributed by atoms with van der Waals surface area (Å²) in [6.07, 6.45) is 5.25. The van der Waals surface area contributed by atoms with Crippen molar-refractivity contribution in [1.82, 2.24) is 10.1 Å². The van der Waals surface area contributed by atoms with Crippen molar-refractivity contribution in [2.75, 3.05) is 6.54 Å². The number of nitrogens with zero attached hydrogens (tertiary/aromatic N) is 2. The molecule has 5 heteroatoms. The van der Waals surface area contributed by atoms with Gasteiger partial charge in [-0.3, -0.25) is 0 Å². The lowest BCUT2D eigenvalue weighted by atomic mass is 10.1. The number of furan rings is 1. The van der Waals surface area contributed by atoms with Gasteiger partial charge in [-0.1, -0.05) is 5.16 Å². The predicted molar refractivity (Wildman–Crippen MR) is 52.0 cm³/mol. The lowest BCUT2D eigenvalue weighted by Crippen LogP contribution is -2.19. The van der Waals surface area contributed by atoms with Crippen molar-refractivity contribution in [3.8, 4) is 11.4 Å². The zero-order valence-electron chi connectivity index (χ0n) is 8.14. The summed E-state index contributed by atoms with van der Waals surface area (Å²) in [5, 5.41) is 3.91. The van der Waals surface area contributed by atoms with Crippen LogP contribution >= 0.6 is 0 Å². The summed E-state index contributed by atoms with van der Waals surface area (Å²) in [7, 11) is 0. The van der Waals surface area contributed by atoms with Crippen molar-refractivity contribution in [2.24, 2.45) is 5.73 Å². The molecule has 2 N–H and O–H groups in total. The molecule has 78 valence electrons. The molecule has 15 heavy (non-hydrogen) atoms. The summed E-state index contributed by atoms with van der Waals surface area (Å²) in [6.45, 7) is 0.569. The standard InChI is InChI=1S/C10H11N3O2/c11-6-10(2-3-10)9-12-8(13-15-9)7-1-4-14-5-7/h1,4-5H,2-3,6,11H2. The van der Waals surface area contributed by atoms with E-state index >= 15 is 0 Å². The fourth-order valence-corrected chi connectivity index (χ4v) is 1.60. The van der Waals surface area contributed by atoms with Crippen LogP contribution in [-0.2, 0) is 5.41 Å². The highest BCUT2D eigenvalue weighted by Crippen LogP contribution is 2.46. The zero-order chi connectivity index (χ0) is 10.3. The maximum Gasteiger partial charge on any atom is 0.234 e. The van der Waals surface area contributed by atoms with Gasteiger partial charge in [0.15, 0.2) is 0 Å². The molecule has 0 amide bonds. The number of aromatic nitrogens is 2. The summed E-state index contributed by atoms with van der Waals surface area (Å²) in [4.78, 5) is 4.34. The second-order valence-corrected chi connectivity index (χ2v) is 3.92. The summed E-state index contributed by atoms with van der Waals surface area (Å²) in [6, 6.07) is 1.80. The minimum absolute atomic E-state index is 0.0466. The van der Waals surface area contributed by atoms with Crippen molar-refractivity contribution < 1.29 is 8.94 Å². The Morgan fingerprint density at radius 3 is 2.93 bits per heavy atom. The van der Waals surface area contributed by atoms with Gasteiger partial charge in [-0.05, 0) is 18.9 Å². The smallest absolute Gasteiger partial charge is 0.234 e. The Kier molecular flexibility index (Phi) is 1.70. The highest BCUT2D eigenvalue weighted by Gasteiger charge is 2.48. The molecule has 0 radical (unpaired) electrons. The lowest BCUT2D eigenvalue weighted by molar-refractivity contribution is 0.347. The fraction of sp³-hybridized carbons (Fsp3) is 0.400. The molecule has 0 atom stereocenters. The number of rotatable bonds is 3. The molecule has 1 fully saturated rings. The molecule has 0 spiro atoms. The minimum atomic E-state index is -0.0466. The van der Waals surface area contributed by atoms with Gasteiger partial charge in [0.25, 0.3) is 0 Å². The van der Waals surface area contributed by atoms with Crippen LogP contribution in [0, 0.1) is 0 Å². The van der Waals surface area contributed by atoms with Crippen LogP contribution in [0.4, 0.5) is 0 Å². The maximum absolute atomic E-state index is 5.68. The molecule has 0 unspecified atom stereocenters. The van der Waals surface area contributed by atoms with Crippen molar-refractivity contribution in [3.05, 3.63) is 24.5 Å². The fourth-order valence-electron chi connectivity index (χ4n) is 1.60. The maximum atomic E-state index is 5.68. The molecular weight excluding hydrogens is 194 g/mol. The minimum Gasteiger partial charge on any atom is -0.472 e. The highest BCUT2D eigenvalue weighted by atomic mass is 16.5. The van der Waals surface area contributed by atoms with E-state index in [2.05, 4.69) is 10.1 Å². The van der Waals surface area contributed by atoms with Crippen LogP contribution in [0.5, 0.6) is 0 Å². The third kappa shape index (κ3) is 1.27. The Balaban J connectivity index is 1.95. The van der Waals surface area contributed by atoms with E-state index in [9.17, 15) is 0 Å². The van der Waals surface area contributed by atoms with Crippen LogP contribution in [0.2, 0.25) is 0 Å². The van der Waals surface area contributed by atoms with E-state index in [1.165, 1.54) is 0 Å². The molecule has 0 saturated heterocycles. The number of hydrogen-bond acceptors (Lipinski definition) is 5. The van der Waals surface area contributed by atoms with Gasteiger partial charge in [-0.2, -0.15) is 4.98 Å². The highest BCUT2D eigenvalue weighted by molar-refractivity contribution is 5.51. The van der Waals surface area contributed by atoms with E-state index in [-0.39, 0.29) is 5.41 Å². The Hall–Kier alpha value is -1.62. The molecule has 2 aromatic heterocycles. The van der Waals surface area contributed by atoms with E-state index in [1.807, 2.05) is 0 Å². The summed E-state index contributed by atoms with van der Waals surface area (Å²) < 4.78 is 10.2. The van der Waals surface area contributed by atoms with Crippen LogP contribution in [0.25, 0.3) is 11.4 Å². The first kappa shape index (κ1) is 8.67. The van der Waals surface area contributed by atoms with Crippen molar-refractivity contribution in [3.63, 3.8) is 0 Å². The van der Waals surface area contributed by atoms with Gasteiger partial charge in [-0.25, -0.2) is 0 Å². The first-order chi connectivity index (χ1) is 7.34. The van der Waals surface area contributed by atoms with E-state index in [0.29, 0.717) is 18.3 Å². The van der Waals surface area contributed by atoms with Gasteiger partial charge in [-0.15, -0.1) is 0 Å². The predicted octanol–water partition coefficient (Wildman–Crippen LogP) is 1.32. The molecule has 5 nitrogen and oxygen atoms in total. The molecular formula is C10H11N3O2. The third-order valence-corrected chi connectivity index (χ3v) is 2.90. The first-order valence-electron chi connectivity index (χ1n) is 4.91. The number of hydrogen-bond donors (Lipinski definition) is 1. The number of nitrogens with two attached hydrogens (primary N) is 1. The second kappa shape index (κ2) is 2.93. The van der Waals surface area contributed by atoms with Crippen LogP contribution < -0.4 is 5.73 Å². The summed E-state index contributed by atoms with van der Waals surface area (Å²) in [5.41, 5.74) is 6.47. The zero-order valence-corrected chi connectivity index (χ0v) is 8.14. The Morgan fingerprint density at radius 1 is 1.47 bits per heavy atom. The van der Waals surface area contributed by atoms with Crippen molar-refractivity contribution >= 4 is 0 Å². The van der Waals surface area contributed by atoms with Gasteiger partial charge in [0.2, 0.25) is 11.7 Å². The third-order valence-electron chi connectivity index (χ3n) is 2.90. The van der Waals surface area contributed by atoms with Gasteiger partial charge >= 0.3 is 0 Å². The van der Waals surface area contributed by atoms with Gasteiger partial charge < -0.3 is 14.7 Å². The van der Waals surface area contributed by atoms with Gasteiger partial charge in [0, 0.05) is 6.54 Å². The van der Waals surface area contributed by atoms with E-state index in [0.717, 1.165) is 18.4 Å². The lowest BCUT2D eigenvalue weighted by Gasteiger charge is -2.03. The molecule has 1 saturated carbocycles. The van der Waals surface area contributed by atoms with E-state index in [1.54, 1.807) is 18.6 Å². The molecule has 3 rings (SSSR count). The first-order valence-corrected chi connectivity index (χ1v) is 4.91. The SMILES string of the molecule is NCC1(c2nc(-c3ccoc3)no2)CC1. The van der Waals surface area contributed by atoms with Crippen molar-refractivity contribution in [1.29, 1.82) is 0 Å². The molecule has 1 aliphatic carbocycles. The quantitative estimate of drug-likeness (QED) is 0.817. The van der Waals surface area contributed by atoms with Crippen LogP contribution in [0.15, 0.2) is 27.5 Å². The molecule has 0 bridgehead atoms. The topological polar surface area (TPSA) is 78.1 Å². The Bertz CT molecular complexity index is 457. The molecule has 0 aromatic carbocycles. The van der Waals surface area contributed by atoms with Crippen LogP contribution in [0.1, 0.15) is 18.7 Å². The molecule has 2 aromatic rings. The summed E-state index contributed by atoms with van der Waals surface area (Å²) >= 11 is 0. The Morgan fingerprint density at radius 2 is 2.33 bits per heavy atom. The van der Waals surface area contributed by atoms with E-state index < -0.39 is 0 Å². The average molecular weight is 205 g/mol. The van der Waals surface area contributed by atoms with E-state index in [4.69, 9.17) is 14.7 Å². The Labute approximate surface area is 86.3 Å². The largest absolute Gasteiger partial charge is 0.472 e.